The summed E-state index contributed by atoms with van der Waals surface area (Å²) in [5.74, 6) is -0.234. The van der Waals surface area contributed by atoms with Gasteiger partial charge in [0.1, 0.15) is 11.9 Å². The normalized spacial score (nSPS) is 17.4. The molecule has 1 aromatic rings. The van der Waals surface area contributed by atoms with Crippen molar-refractivity contribution in [2.75, 3.05) is 39.4 Å². The molecule has 1 fully saturated rings. The molecular formula is C16H22FN3O. The minimum Gasteiger partial charge on any atom is -0.379 e. The number of nitrogens with zero attached hydrogens (tertiary/aromatic N) is 2. The van der Waals surface area contributed by atoms with Gasteiger partial charge in [0, 0.05) is 13.1 Å². The van der Waals surface area contributed by atoms with Crippen molar-refractivity contribution in [1.29, 1.82) is 5.26 Å². The summed E-state index contributed by atoms with van der Waals surface area (Å²) in [6, 6.07) is 6.68. The number of benzene rings is 1. The van der Waals surface area contributed by atoms with Crippen molar-refractivity contribution in [3.8, 4) is 6.07 Å². The fourth-order valence-electron chi connectivity index (χ4n) is 2.46. The lowest BCUT2D eigenvalue weighted by atomic mass is 10.0. The molecule has 1 unspecified atom stereocenters. The summed E-state index contributed by atoms with van der Waals surface area (Å²) in [6.07, 6.45) is 0.984. The molecule has 0 bridgehead atoms. The molecule has 1 heterocycles. The Morgan fingerprint density at radius 3 is 2.86 bits per heavy atom. The number of aryl methyl sites for hydroxylation is 1. The summed E-state index contributed by atoms with van der Waals surface area (Å²) in [5.41, 5.74) is 1.39. The fourth-order valence-corrected chi connectivity index (χ4v) is 2.46. The minimum absolute atomic E-state index is 0.234. The Morgan fingerprint density at radius 2 is 2.19 bits per heavy atom. The van der Waals surface area contributed by atoms with Crippen LogP contribution in [0.2, 0.25) is 0 Å². The average Bonchev–Trinajstić information content (AvgIpc) is 2.51. The Hall–Kier alpha value is -1.48. The van der Waals surface area contributed by atoms with Crippen molar-refractivity contribution in [2.24, 2.45) is 0 Å². The molecule has 114 valence electrons. The summed E-state index contributed by atoms with van der Waals surface area (Å²) < 4.78 is 18.6. The van der Waals surface area contributed by atoms with E-state index < -0.39 is 0 Å². The van der Waals surface area contributed by atoms with Gasteiger partial charge in [0.15, 0.2) is 0 Å². The zero-order valence-electron chi connectivity index (χ0n) is 12.4. The Labute approximate surface area is 125 Å². The molecule has 1 aliphatic rings. The monoisotopic (exact) mass is 291 g/mol. The first-order valence-corrected chi connectivity index (χ1v) is 7.40. The van der Waals surface area contributed by atoms with Crippen molar-refractivity contribution in [2.45, 2.75) is 19.4 Å². The van der Waals surface area contributed by atoms with Gasteiger partial charge in [-0.1, -0.05) is 12.1 Å². The zero-order chi connectivity index (χ0) is 15.1. The van der Waals surface area contributed by atoms with Gasteiger partial charge < -0.3 is 4.74 Å². The zero-order valence-corrected chi connectivity index (χ0v) is 12.4. The largest absolute Gasteiger partial charge is 0.379 e. The number of halogens is 1. The lowest BCUT2D eigenvalue weighted by Gasteiger charge is -2.26. The van der Waals surface area contributed by atoms with E-state index in [9.17, 15) is 9.65 Å². The van der Waals surface area contributed by atoms with Crippen LogP contribution >= 0.6 is 0 Å². The van der Waals surface area contributed by atoms with E-state index in [0.29, 0.717) is 5.56 Å². The highest BCUT2D eigenvalue weighted by atomic mass is 19.1. The molecule has 0 saturated carbocycles. The van der Waals surface area contributed by atoms with Crippen LogP contribution in [0.5, 0.6) is 0 Å². The van der Waals surface area contributed by atoms with Gasteiger partial charge in [-0.15, -0.1) is 0 Å². The van der Waals surface area contributed by atoms with E-state index in [1.165, 1.54) is 6.07 Å². The molecule has 0 radical (unpaired) electrons. The molecule has 1 aliphatic heterocycles. The van der Waals surface area contributed by atoms with Gasteiger partial charge in [0.05, 0.1) is 19.3 Å². The van der Waals surface area contributed by atoms with Crippen molar-refractivity contribution < 1.29 is 9.13 Å². The summed E-state index contributed by atoms with van der Waals surface area (Å²) >= 11 is 0. The van der Waals surface area contributed by atoms with Crippen molar-refractivity contribution in [1.82, 2.24) is 10.2 Å². The highest BCUT2D eigenvalue weighted by Crippen LogP contribution is 2.16. The molecule has 5 heteroatoms. The third-order valence-electron chi connectivity index (χ3n) is 3.75. The molecule has 0 spiro atoms. The fraction of sp³-hybridized carbons (Fsp3) is 0.562. The second-order valence-corrected chi connectivity index (χ2v) is 5.33. The van der Waals surface area contributed by atoms with E-state index >= 15 is 0 Å². The SMILES string of the molecule is Cc1cc(C(C#N)NCCCN2CCOCC2)ccc1F. The van der Waals surface area contributed by atoms with Crippen molar-refractivity contribution in [3.05, 3.63) is 35.1 Å². The number of nitrogens with one attached hydrogen (secondary N) is 1. The summed E-state index contributed by atoms with van der Waals surface area (Å²) in [7, 11) is 0. The topological polar surface area (TPSA) is 48.3 Å². The van der Waals surface area contributed by atoms with E-state index in [-0.39, 0.29) is 11.9 Å². The summed E-state index contributed by atoms with van der Waals surface area (Å²) in [5, 5.41) is 12.5. The van der Waals surface area contributed by atoms with Gasteiger partial charge in [-0.05, 0) is 43.6 Å². The van der Waals surface area contributed by atoms with Gasteiger partial charge in [-0.2, -0.15) is 5.26 Å². The third-order valence-corrected chi connectivity index (χ3v) is 3.75. The lowest BCUT2D eigenvalue weighted by molar-refractivity contribution is 0.0374. The number of morpholine rings is 1. The highest BCUT2D eigenvalue weighted by molar-refractivity contribution is 5.29. The standard InChI is InChI=1S/C16H22FN3O/c1-13-11-14(3-4-15(13)17)16(12-18)19-5-2-6-20-7-9-21-10-8-20/h3-4,11,16,19H,2,5-10H2,1H3. The first kappa shape index (κ1) is 15.9. The van der Waals surface area contributed by atoms with Gasteiger partial charge in [0.2, 0.25) is 0 Å². The summed E-state index contributed by atoms with van der Waals surface area (Å²) in [4.78, 5) is 2.37. The van der Waals surface area contributed by atoms with Crippen LogP contribution < -0.4 is 5.32 Å². The van der Waals surface area contributed by atoms with Crippen LogP contribution in [0.25, 0.3) is 0 Å². The van der Waals surface area contributed by atoms with Crippen LogP contribution in [0, 0.1) is 24.1 Å². The van der Waals surface area contributed by atoms with Crippen LogP contribution in [-0.2, 0) is 4.74 Å². The Bertz CT molecular complexity index is 495. The average molecular weight is 291 g/mol. The molecule has 1 atom stereocenters. The maximum absolute atomic E-state index is 13.3. The molecule has 4 nitrogen and oxygen atoms in total. The Balaban J connectivity index is 1.77. The minimum atomic E-state index is -0.381. The highest BCUT2D eigenvalue weighted by Gasteiger charge is 2.12. The van der Waals surface area contributed by atoms with Gasteiger partial charge in [0.25, 0.3) is 0 Å². The van der Waals surface area contributed by atoms with Crippen molar-refractivity contribution >= 4 is 0 Å². The summed E-state index contributed by atoms with van der Waals surface area (Å²) in [6.45, 7) is 7.08. The van der Waals surface area contributed by atoms with E-state index in [2.05, 4.69) is 16.3 Å². The number of hydrogen-bond acceptors (Lipinski definition) is 4. The van der Waals surface area contributed by atoms with E-state index in [4.69, 9.17) is 4.74 Å². The molecular weight excluding hydrogens is 269 g/mol. The quantitative estimate of drug-likeness (QED) is 0.815. The predicted octanol–water partition coefficient (Wildman–Crippen LogP) is 2.01. The number of rotatable bonds is 6. The van der Waals surface area contributed by atoms with E-state index in [0.717, 1.165) is 51.4 Å². The Morgan fingerprint density at radius 1 is 1.43 bits per heavy atom. The number of ether oxygens (including phenoxy) is 1. The smallest absolute Gasteiger partial charge is 0.126 e. The van der Waals surface area contributed by atoms with Crippen LogP contribution in [0.1, 0.15) is 23.6 Å². The molecule has 21 heavy (non-hydrogen) atoms. The van der Waals surface area contributed by atoms with E-state index in [1.807, 2.05) is 0 Å². The molecule has 0 aromatic heterocycles. The van der Waals surface area contributed by atoms with Crippen LogP contribution in [0.4, 0.5) is 4.39 Å². The van der Waals surface area contributed by atoms with Crippen LogP contribution in [0.15, 0.2) is 18.2 Å². The molecule has 1 aromatic carbocycles. The lowest BCUT2D eigenvalue weighted by Crippen LogP contribution is -2.37. The molecule has 0 amide bonds. The second kappa shape index (κ2) is 8.08. The first-order chi connectivity index (χ1) is 10.2. The molecule has 2 rings (SSSR count). The maximum Gasteiger partial charge on any atom is 0.126 e. The molecule has 0 aliphatic carbocycles. The first-order valence-electron chi connectivity index (χ1n) is 7.40. The Kier molecular flexibility index (Phi) is 6.12. The molecule has 1 saturated heterocycles. The predicted molar refractivity (Wildman–Crippen MR) is 79.4 cm³/mol. The second-order valence-electron chi connectivity index (χ2n) is 5.33. The number of hydrogen-bond donors (Lipinski definition) is 1. The third kappa shape index (κ3) is 4.78. The van der Waals surface area contributed by atoms with Gasteiger partial charge in [-0.3, -0.25) is 10.2 Å². The molecule has 1 N–H and O–H groups in total. The van der Waals surface area contributed by atoms with Gasteiger partial charge in [-0.25, -0.2) is 4.39 Å². The van der Waals surface area contributed by atoms with Gasteiger partial charge >= 0.3 is 0 Å². The maximum atomic E-state index is 13.3. The number of nitriles is 1. The van der Waals surface area contributed by atoms with Crippen LogP contribution in [0.3, 0.4) is 0 Å². The van der Waals surface area contributed by atoms with Crippen molar-refractivity contribution in [3.63, 3.8) is 0 Å². The van der Waals surface area contributed by atoms with E-state index in [1.54, 1.807) is 19.1 Å². The van der Waals surface area contributed by atoms with Crippen LogP contribution in [-0.4, -0.2) is 44.3 Å².